The zero-order chi connectivity index (χ0) is 9.42. The van der Waals surface area contributed by atoms with E-state index in [0.29, 0.717) is 5.88 Å². The van der Waals surface area contributed by atoms with Gasteiger partial charge in [-0.15, -0.1) is 35.6 Å². The van der Waals surface area contributed by atoms with Gasteiger partial charge in [0.05, 0.1) is 5.88 Å². The first-order chi connectivity index (χ1) is 6.20. The van der Waals surface area contributed by atoms with Crippen molar-refractivity contribution in [2.24, 2.45) is 0 Å². The molecule has 0 saturated heterocycles. The molecule has 0 nitrogen and oxygen atoms in total. The molecule has 0 fully saturated rings. The average molecular weight is 249 g/mol. The van der Waals surface area contributed by atoms with E-state index in [1.165, 1.54) is 0 Å². The summed E-state index contributed by atoms with van der Waals surface area (Å²) >= 11 is 17.7. The first-order valence-corrected chi connectivity index (χ1v) is 5.85. The van der Waals surface area contributed by atoms with Crippen molar-refractivity contribution in [1.29, 1.82) is 0 Å². The number of thiophene rings is 1. The van der Waals surface area contributed by atoms with Gasteiger partial charge in [0.15, 0.2) is 0 Å². The summed E-state index contributed by atoms with van der Waals surface area (Å²) in [6.07, 6.45) is 0. The molecule has 68 valence electrons. The van der Waals surface area contributed by atoms with Crippen LogP contribution < -0.4 is 0 Å². The van der Waals surface area contributed by atoms with Crippen molar-refractivity contribution in [3.05, 3.63) is 28.1 Å². The van der Waals surface area contributed by atoms with Crippen LogP contribution in [0.4, 0.5) is 0 Å². The maximum absolute atomic E-state index is 5.90. The van der Waals surface area contributed by atoms with Crippen molar-refractivity contribution in [3.8, 4) is 0 Å². The van der Waals surface area contributed by atoms with E-state index in [2.05, 4.69) is 18.7 Å². The molecule has 13 heavy (non-hydrogen) atoms. The molecule has 4 heteroatoms. The summed E-state index contributed by atoms with van der Waals surface area (Å²) in [5, 5.41) is 1.84. The van der Waals surface area contributed by atoms with Gasteiger partial charge in [-0.1, -0.05) is 11.6 Å². The Hall–Kier alpha value is 0.110. The van der Waals surface area contributed by atoms with E-state index < -0.39 is 0 Å². The maximum Gasteiger partial charge on any atom is 0.0568 e. The van der Waals surface area contributed by atoms with Crippen LogP contribution >= 0.6 is 47.2 Å². The summed E-state index contributed by atoms with van der Waals surface area (Å²) in [5.74, 6) is 0.546. The number of halogens is 2. The van der Waals surface area contributed by atoms with Gasteiger partial charge in [-0.25, -0.2) is 0 Å². The standard InChI is InChI=1S/C9H6Cl2S2/c10-4-7-2-5-1-6(11)3-8(12)9(5)13-7/h1-3,12H,4H2. The first-order valence-electron chi connectivity index (χ1n) is 3.67. The molecular formula is C9H6Cl2S2. The average Bonchev–Trinajstić information content (AvgIpc) is 2.47. The molecule has 0 atom stereocenters. The molecule has 2 aromatic rings. The molecule has 0 aliphatic rings. The van der Waals surface area contributed by atoms with Crippen LogP contribution in [0.1, 0.15) is 4.88 Å². The monoisotopic (exact) mass is 248 g/mol. The fourth-order valence-corrected chi connectivity index (χ4v) is 3.07. The van der Waals surface area contributed by atoms with Gasteiger partial charge in [0, 0.05) is 19.5 Å². The molecule has 0 bridgehead atoms. The minimum Gasteiger partial charge on any atom is -0.142 e. The van der Waals surface area contributed by atoms with Crippen LogP contribution in [0.2, 0.25) is 5.02 Å². The number of fused-ring (bicyclic) bond motifs is 1. The molecule has 0 saturated carbocycles. The normalized spacial score (nSPS) is 11.0. The van der Waals surface area contributed by atoms with Crippen LogP contribution in [-0.4, -0.2) is 0 Å². The smallest absolute Gasteiger partial charge is 0.0568 e. The molecule has 0 amide bonds. The van der Waals surface area contributed by atoms with E-state index in [1.807, 2.05) is 12.1 Å². The SMILES string of the molecule is Sc1cc(Cl)cc2cc(CCl)sc12. The van der Waals surface area contributed by atoms with E-state index in [9.17, 15) is 0 Å². The Kier molecular flexibility index (Phi) is 2.75. The lowest BCUT2D eigenvalue weighted by Gasteiger charge is -1.94. The Morgan fingerprint density at radius 1 is 1.31 bits per heavy atom. The Bertz CT molecular complexity index is 448. The number of thiol groups is 1. The topological polar surface area (TPSA) is 0 Å². The minimum atomic E-state index is 0.546. The number of hydrogen-bond donors (Lipinski definition) is 1. The van der Waals surface area contributed by atoms with Gasteiger partial charge < -0.3 is 0 Å². The molecule has 1 heterocycles. The lowest BCUT2D eigenvalue weighted by atomic mass is 10.2. The predicted molar refractivity (Wildman–Crippen MR) is 63.6 cm³/mol. The molecule has 0 spiro atoms. The Morgan fingerprint density at radius 2 is 2.08 bits per heavy atom. The highest BCUT2D eigenvalue weighted by molar-refractivity contribution is 7.80. The second kappa shape index (κ2) is 3.70. The third-order valence-corrected chi connectivity index (χ3v) is 4.10. The Balaban J connectivity index is 2.75. The van der Waals surface area contributed by atoms with E-state index in [4.69, 9.17) is 23.2 Å². The van der Waals surface area contributed by atoms with E-state index in [-0.39, 0.29) is 0 Å². The second-order valence-electron chi connectivity index (χ2n) is 2.69. The highest BCUT2D eigenvalue weighted by Crippen LogP contribution is 2.34. The maximum atomic E-state index is 5.90. The highest BCUT2D eigenvalue weighted by atomic mass is 35.5. The Labute approximate surface area is 95.9 Å². The highest BCUT2D eigenvalue weighted by Gasteiger charge is 2.05. The predicted octanol–water partition coefficient (Wildman–Crippen LogP) is 4.58. The van der Waals surface area contributed by atoms with E-state index in [0.717, 1.165) is 24.9 Å². The number of rotatable bonds is 1. The van der Waals surface area contributed by atoms with E-state index in [1.54, 1.807) is 11.3 Å². The zero-order valence-electron chi connectivity index (χ0n) is 6.55. The van der Waals surface area contributed by atoms with Crippen molar-refractivity contribution in [2.45, 2.75) is 10.8 Å². The molecule has 0 N–H and O–H groups in total. The summed E-state index contributed by atoms with van der Waals surface area (Å²) in [6.45, 7) is 0. The second-order valence-corrected chi connectivity index (χ2v) is 5.01. The number of alkyl halides is 1. The van der Waals surface area contributed by atoms with Gasteiger partial charge in [0.1, 0.15) is 0 Å². The molecule has 1 aromatic carbocycles. The summed E-state index contributed by atoms with van der Waals surface area (Å²) in [4.78, 5) is 2.07. The molecular weight excluding hydrogens is 243 g/mol. The summed E-state index contributed by atoms with van der Waals surface area (Å²) < 4.78 is 1.16. The Morgan fingerprint density at radius 3 is 2.77 bits per heavy atom. The lowest BCUT2D eigenvalue weighted by molar-refractivity contribution is 1.54. The van der Waals surface area contributed by atoms with Crippen molar-refractivity contribution in [1.82, 2.24) is 0 Å². The fraction of sp³-hybridized carbons (Fsp3) is 0.111. The van der Waals surface area contributed by atoms with Crippen LogP contribution in [0.3, 0.4) is 0 Å². The number of benzene rings is 1. The number of hydrogen-bond acceptors (Lipinski definition) is 2. The molecule has 0 aliphatic carbocycles. The van der Waals surface area contributed by atoms with Crippen LogP contribution in [0.15, 0.2) is 23.1 Å². The first kappa shape index (κ1) is 9.66. The van der Waals surface area contributed by atoms with Crippen LogP contribution in [0, 0.1) is 0 Å². The third-order valence-electron chi connectivity index (χ3n) is 1.74. The van der Waals surface area contributed by atoms with Crippen molar-refractivity contribution in [3.63, 3.8) is 0 Å². The zero-order valence-corrected chi connectivity index (χ0v) is 9.77. The molecule has 2 rings (SSSR count). The summed E-state index contributed by atoms with van der Waals surface area (Å²) in [6, 6.07) is 5.84. The van der Waals surface area contributed by atoms with Gasteiger partial charge in [-0.05, 0) is 23.6 Å². The molecule has 0 radical (unpaired) electrons. The van der Waals surface area contributed by atoms with Crippen LogP contribution in [-0.2, 0) is 5.88 Å². The van der Waals surface area contributed by atoms with Gasteiger partial charge >= 0.3 is 0 Å². The molecule has 1 aromatic heterocycles. The largest absolute Gasteiger partial charge is 0.142 e. The lowest BCUT2D eigenvalue weighted by Crippen LogP contribution is -1.67. The summed E-state index contributed by atoms with van der Waals surface area (Å²) in [7, 11) is 0. The molecule has 0 unspecified atom stereocenters. The quantitative estimate of drug-likeness (QED) is 0.555. The molecule has 0 aliphatic heterocycles. The van der Waals surface area contributed by atoms with Gasteiger partial charge in [0.2, 0.25) is 0 Å². The van der Waals surface area contributed by atoms with Crippen molar-refractivity contribution in [2.75, 3.05) is 0 Å². The van der Waals surface area contributed by atoms with E-state index >= 15 is 0 Å². The minimum absolute atomic E-state index is 0.546. The fourth-order valence-electron chi connectivity index (χ4n) is 1.22. The summed E-state index contributed by atoms with van der Waals surface area (Å²) in [5.41, 5.74) is 0. The van der Waals surface area contributed by atoms with Crippen molar-refractivity contribution < 1.29 is 0 Å². The van der Waals surface area contributed by atoms with Gasteiger partial charge in [-0.3, -0.25) is 0 Å². The van der Waals surface area contributed by atoms with Crippen LogP contribution in [0.25, 0.3) is 10.1 Å². The third kappa shape index (κ3) is 1.82. The van der Waals surface area contributed by atoms with Gasteiger partial charge in [0.25, 0.3) is 0 Å². The van der Waals surface area contributed by atoms with Crippen LogP contribution in [0.5, 0.6) is 0 Å². The van der Waals surface area contributed by atoms with Gasteiger partial charge in [-0.2, -0.15) is 0 Å². The van der Waals surface area contributed by atoms with Crippen molar-refractivity contribution >= 4 is 57.3 Å².